The zero-order chi connectivity index (χ0) is 10.1. The fourth-order valence-electron chi connectivity index (χ4n) is 1.74. The van der Waals surface area contributed by atoms with E-state index in [1.807, 2.05) is 6.92 Å². The molecule has 0 N–H and O–H groups in total. The second-order valence-corrected chi connectivity index (χ2v) is 3.96. The minimum absolute atomic E-state index is 0.634. The SMILES string of the molecule is CCC(C)c1ccc2oc(C)cc2c1. The van der Waals surface area contributed by atoms with Crippen LogP contribution >= 0.6 is 0 Å². The van der Waals surface area contributed by atoms with Crippen molar-refractivity contribution in [1.82, 2.24) is 0 Å². The monoisotopic (exact) mass is 188 g/mol. The van der Waals surface area contributed by atoms with Gasteiger partial charge in [-0.1, -0.05) is 19.9 Å². The Hall–Kier alpha value is -1.24. The Bertz CT molecular complexity index is 439. The molecular formula is C13H16O. The highest BCUT2D eigenvalue weighted by Crippen LogP contribution is 2.25. The predicted octanol–water partition coefficient (Wildman–Crippen LogP) is 4.25. The van der Waals surface area contributed by atoms with Crippen LogP contribution in [0.2, 0.25) is 0 Å². The molecule has 74 valence electrons. The summed E-state index contributed by atoms with van der Waals surface area (Å²) in [6.45, 7) is 6.46. The molecule has 0 amide bonds. The topological polar surface area (TPSA) is 13.1 Å². The first-order valence-corrected chi connectivity index (χ1v) is 5.21. The van der Waals surface area contributed by atoms with Crippen LogP contribution in [0.4, 0.5) is 0 Å². The summed E-state index contributed by atoms with van der Waals surface area (Å²) in [5.41, 5.74) is 2.40. The van der Waals surface area contributed by atoms with Gasteiger partial charge in [0.05, 0.1) is 0 Å². The van der Waals surface area contributed by atoms with Crippen LogP contribution in [0.15, 0.2) is 28.7 Å². The van der Waals surface area contributed by atoms with Gasteiger partial charge in [-0.15, -0.1) is 0 Å². The summed E-state index contributed by atoms with van der Waals surface area (Å²) in [5, 5.41) is 1.22. The van der Waals surface area contributed by atoms with E-state index in [0.717, 1.165) is 11.3 Å². The molecule has 1 aromatic heterocycles. The number of rotatable bonds is 2. The van der Waals surface area contributed by atoms with E-state index >= 15 is 0 Å². The summed E-state index contributed by atoms with van der Waals surface area (Å²) in [7, 11) is 0. The van der Waals surface area contributed by atoms with Crippen LogP contribution in [0.3, 0.4) is 0 Å². The molecule has 1 heteroatoms. The van der Waals surface area contributed by atoms with Gasteiger partial charge in [0, 0.05) is 5.39 Å². The van der Waals surface area contributed by atoms with E-state index in [9.17, 15) is 0 Å². The summed E-state index contributed by atoms with van der Waals surface area (Å²) in [5.74, 6) is 1.62. The van der Waals surface area contributed by atoms with Crippen molar-refractivity contribution in [2.45, 2.75) is 33.1 Å². The summed E-state index contributed by atoms with van der Waals surface area (Å²) >= 11 is 0. The van der Waals surface area contributed by atoms with Crippen LogP contribution in [-0.4, -0.2) is 0 Å². The van der Waals surface area contributed by atoms with Gasteiger partial charge in [0.25, 0.3) is 0 Å². The Balaban J connectivity index is 2.50. The maximum Gasteiger partial charge on any atom is 0.134 e. The molecule has 1 heterocycles. The van der Waals surface area contributed by atoms with Gasteiger partial charge in [-0.2, -0.15) is 0 Å². The van der Waals surface area contributed by atoms with Gasteiger partial charge in [-0.25, -0.2) is 0 Å². The van der Waals surface area contributed by atoms with Crippen LogP contribution in [0.25, 0.3) is 11.0 Å². The molecule has 0 saturated heterocycles. The van der Waals surface area contributed by atoms with E-state index in [0.29, 0.717) is 5.92 Å². The minimum atomic E-state index is 0.634. The number of furan rings is 1. The second kappa shape index (κ2) is 3.49. The summed E-state index contributed by atoms with van der Waals surface area (Å²) in [6.07, 6.45) is 1.18. The van der Waals surface area contributed by atoms with E-state index in [2.05, 4.69) is 38.1 Å². The zero-order valence-electron chi connectivity index (χ0n) is 9.00. The van der Waals surface area contributed by atoms with E-state index in [4.69, 9.17) is 4.42 Å². The number of benzene rings is 1. The highest BCUT2D eigenvalue weighted by Gasteiger charge is 2.05. The molecule has 0 aliphatic carbocycles. The maximum absolute atomic E-state index is 5.54. The zero-order valence-corrected chi connectivity index (χ0v) is 9.00. The van der Waals surface area contributed by atoms with Crippen molar-refractivity contribution in [2.75, 3.05) is 0 Å². The Labute approximate surface area is 84.7 Å². The van der Waals surface area contributed by atoms with Gasteiger partial charge in [0.2, 0.25) is 0 Å². The highest BCUT2D eigenvalue weighted by molar-refractivity contribution is 5.78. The van der Waals surface area contributed by atoms with Crippen LogP contribution in [0.5, 0.6) is 0 Å². The van der Waals surface area contributed by atoms with E-state index in [1.54, 1.807) is 0 Å². The van der Waals surface area contributed by atoms with Crippen LogP contribution in [0, 0.1) is 6.92 Å². The standard InChI is InChI=1S/C13H16O/c1-4-9(2)11-5-6-13-12(8-11)7-10(3)14-13/h5-9H,4H2,1-3H3. The van der Waals surface area contributed by atoms with E-state index < -0.39 is 0 Å². The molecular weight excluding hydrogens is 172 g/mol. The van der Waals surface area contributed by atoms with Crippen molar-refractivity contribution in [3.8, 4) is 0 Å². The van der Waals surface area contributed by atoms with Crippen molar-refractivity contribution < 1.29 is 4.42 Å². The largest absolute Gasteiger partial charge is 0.461 e. The molecule has 1 nitrogen and oxygen atoms in total. The first-order valence-electron chi connectivity index (χ1n) is 5.21. The van der Waals surface area contributed by atoms with Gasteiger partial charge in [-0.05, 0) is 43.0 Å². The molecule has 1 aromatic carbocycles. The van der Waals surface area contributed by atoms with Crippen LogP contribution in [0.1, 0.15) is 37.5 Å². The van der Waals surface area contributed by atoms with Gasteiger partial charge in [0.1, 0.15) is 11.3 Å². The average Bonchev–Trinajstić information content (AvgIpc) is 2.55. The first-order chi connectivity index (χ1) is 6.70. The fourth-order valence-corrected chi connectivity index (χ4v) is 1.74. The molecule has 1 atom stereocenters. The molecule has 2 aromatic rings. The maximum atomic E-state index is 5.54. The average molecular weight is 188 g/mol. The third kappa shape index (κ3) is 1.54. The minimum Gasteiger partial charge on any atom is -0.461 e. The molecule has 0 bridgehead atoms. The number of hydrogen-bond acceptors (Lipinski definition) is 1. The lowest BCUT2D eigenvalue weighted by Crippen LogP contribution is -1.89. The Morgan fingerprint density at radius 1 is 1.29 bits per heavy atom. The van der Waals surface area contributed by atoms with Crippen molar-refractivity contribution in [1.29, 1.82) is 0 Å². The number of fused-ring (bicyclic) bond motifs is 1. The van der Waals surface area contributed by atoms with E-state index in [-0.39, 0.29) is 0 Å². The molecule has 0 radical (unpaired) electrons. The predicted molar refractivity (Wildman–Crippen MR) is 59.7 cm³/mol. The summed E-state index contributed by atoms with van der Waals surface area (Å²) < 4.78 is 5.54. The molecule has 0 spiro atoms. The van der Waals surface area contributed by atoms with Crippen molar-refractivity contribution in [2.24, 2.45) is 0 Å². The van der Waals surface area contributed by atoms with Crippen LogP contribution < -0.4 is 0 Å². The van der Waals surface area contributed by atoms with Crippen molar-refractivity contribution in [3.63, 3.8) is 0 Å². The van der Waals surface area contributed by atoms with Gasteiger partial charge < -0.3 is 4.42 Å². The van der Waals surface area contributed by atoms with Gasteiger partial charge >= 0.3 is 0 Å². The second-order valence-electron chi connectivity index (χ2n) is 3.96. The lowest BCUT2D eigenvalue weighted by Gasteiger charge is -2.07. The van der Waals surface area contributed by atoms with Gasteiger partial charge in [0.15, 0.2) is 0 Å². The Kier molecular flexibility index (Phi) is 2.32. The Morgan fingerprint density at radius 3 is 2.79 bits per heavy atom. The highest BCUT2D eigenvalue weighted by atomic mass is 16.3. The normalized spacial score (nSPS) is 13.4. The van der Waals surface area contributed by atoms with Gasteiger partial charge in [-0.3, -0.25) is 0 Å². The molecule has 0 saturated carbocycles. The van der Waals surface area contributed by atoms with Crippen molar-refractivity contribution >= 4 is 11.0 Å². The molecule has 2 rings (SSSR count). The fraction of sp³-hybridized carbons (Fsp3) is 0.385. The van der Waals surface area contributed by atoms with E-state index in [1.165, 1.54) is 17.4 Å². The first kappa shape index (κ1) is 9.32. The smallest absolute Gasteiger partial charge is 0.134 e. The lowest BCUT2D eigenvalue weighted by molar-refractivity contribution is 0.578. The summed E-state index contributed by atoms with van der Waals surface area (Å²) in [6, 6.07) is 8.57. The quantitative estimate of drug-likeness (QED) is 0.686. The molecule has 14 heavy (non-hydrogen) atoms. The summed E-state index contributed by atoms with van der Waals surface area (Å²) in [4.78, 5) is 0. The Morgan fingerprint density at radius 2 is 2.07 bits per heavy atom. The van der Waals surface area contributed by atoms with Crippen LogP contribution in [-0.2, 0) is 0 Å². The lowest BCUT2D eigenvalue weighted by atomic mass is 9.98. The molecule has 0 fully saturated rings. The number of hydrogen-bond donors (Lipinski definition) is 0. The molecule has 1 unspecified atom stereocenters. The third-order valence-electron chi connectivity index (χ3n) is 2.84. The number of aryl methyl sites for hydroxylation is 1. The third-order valence-corrected chi connectivity index (χ3v) is 2.84. The van der Waals surface area contributed by atoms with Crippen molar-refractivity contribution in [3.05, 3.63) is 35.6 Å². The molecule has 0 aliphatic rings. The molecule has 0 aliphatic heterocycles.